The molecule has 0 bridgehead atoms. The van der Waals surface area contributed by atoms with Gasteiger partial charge in [-0.2, -0.15) is 4.52 Å². The second-order valence-electron chi connectivity index (χ2n) is 9.02. The van der Waals surface area contributed by atoms with Gasteiger partial charge in [0.25, 0.3) is 0 Å². The maximum atomic E-state index is 13.5. The molecule has 0 atom stereocenters. The Morgan fingerprint density at radius 2 is 1.68 bits per heavy atom. The van der Waals surface area contributed by atoms with E-state index < -0.39 is 9.84 Å². The summed E-state index contributed by atoms with van der Waals surface area (Å²) in [5.41, 5.74) is 2.49. The van der Waals surface area contributed by atoms with Crippen LogP contribution in [0.5, 0.6) is 0 Å². The van der Waals surface area contributed by atoms with Crippen LogP contribution in [-0.4, -0.2) is 28.2 Å². The summed E-state index contributed by atoms with van der Waals surface area (Å²) in [5.74, 6) is 0.479. The molecule has 0 amide bonds. The number of halogens is 1. The Kier molecular flexibility index (Phi) is 5.30. The van der Waals surface area contributed by atoms with Crippen LogP contribution in [0, 0.1) is 0 Å². The average Bonchev–Trinajstić information content (AvgIpc) is 3.24. The predicted octanol–water partition coefficient (Wildman–Crippen LogP) is 5.80. The minimum absolute atomic E-state index is 0.0909. The van der Waals surface area contributed by atoms with E-state index in [1.807, 2.05) is 48.5 Å². The first-order valence-electron chi connectivity index (χ1n) is 10.7. The lowest BCUT2D eigenvalue weighted by atomic mass is 9.87. The quantitative estimate of drug-likeness (QED) is 0.341. The summed E-state index contributed by atoms with van der Waals surface area (Å²) in [6.07, 6.45) is 0. The van der Waals surface area contributed by atoms with E-state index in [0.717, 1.165) is 16.6 Å². The van der Waals surface area contributed by atoms with Gasteiger partial charge in [-0.15, -0.1) is 5.10 Å². The van der Waals surface area contributed by atoms with Crippen LogP contribution in [0.3, 0.4) is 0 Å². The van der Waals surface area contributed by atoms with Gasteiger partial charge in [0.1, 0.15) is 5.82 Å². The van der Waals surface area contributed by atoms with Gasteiger partial charge in [-0.25, -0.2) is 13.4 Å². The summed E-state index contributed by atoms with van der Waals surface area (Å²) in [6, 6.07) is 21.5. The highest BCUT2D eigenvalue weighted by molar-refractivity contribution is 7.91. The minimum Gasteiger partial charge on any atom is -0.340 e. The van der Waals surface area contributed by atoms with Gasteiger partial charge in [-0.3, -0.25) is 0 Å². The highest BCUT2D eigenvalue weighted by atomic mass is 35.5. The number of para-hydroxylation sites is 1. The molecule has 2 heterocycles. The Morgan fingerprint density at radius 1 is 0.941 bits per heavy atom. The monoisotopic (exact) mass is 491 g/mol. The number of sulfone groups is 1. The maximum Gasteiger partial charge on any atom is 0.229 e. The molecule has 0 unspecified atom stereocenters. The molecule has 7 nitrogen and oxygen atoms in total. The summed E-state index contributed by atoms with van der Waals surface area (Å²) >= 11 is 6.14. The van der Waals surface area contributed by atoms with Gasteiger partial charge in [0.15, 0.2) is 5.65 Å². The Balaban J connectivity index is 1.68. The van der Waals surface area contributed by atoms with E-state index in [1.165, 1.54) is 4.52 Å². The third kappa shape index (κ3) is 3.89. The van der Waals surface area contributed by atoms with Gasteiger partial charge in [0.2, 0.25) is 14.9 Å². The first kappa shape index (κ1) is 22.3. The number of rotatable bonds is 4. The Morgan fingerprint density at radius 3 is 2.38 bits per heavy atom. The molecule has 1 N–H and O–H groups in total. The molecule has 5 aromatic rings. The molecule has 2 aromatic heterocycles. The van der Waals surface area contributed by atoms with Gasteiger partial charge < -0.3 is 5.32 Å². The topological polar surface area (TPSA) is 89.2 Å². The van der Waals surface area contributed by atoms with Crippen molar-refractivity contribution in [2.75, 3.05) is 5.32 Å². The number of hydrogen-bond acceptors (Lipinski definition) is 6. The van der Waals surface area contributed by atoms with Crippen molar-refractivity contribution in [3.63, 3.8) is 0 Å². The van der Waals surface area contributed by atoms with Gasteiger partial charge in [0, 0.05) is 16.1 Å². The van der Waals surface area contributed by atoms with Crippen LogP contribution in [0.4, 0.5) is 11.5 Å². The van der Waals surface area contributed by atoms with E-state index in [-0.39, 0.29) is 21.0 Å². The smallest absolute Gasteiger partial charge is 0.229 e. The summed E-state index contributed by atoms with van der Waals surface area (Å²) in [5, 5.41) is 12.6. The Labute approximate surface area is 202 Å². The van der Waals surface area contributed by atoms with Gasteiger partial charge in [-0.1, -0.05) is 67.9 Å². The Hall–Kier alpha value is -3.49. The van der Waals surface area contributed by atoms with Crippen LogP contribution < -0.4 is 5.32 Å². The number of nitrogens with one attached hydrogen (secondary N) is 1. The molecule has 34 heavy (non-hydrogen) atoms. The summed E-state index contributed by atoms with van der Waals surface area (Å²) in [6.45, 7) is 6.23. The zero-order valence-corrected chi connectivity index (χ0v) is 20.4. The number of hydrogen-bond donors (Lipinski definition) is 1. The standard InChI is InChI=1S/C25H22ClN5O2S/c1-25(2,3)16-11-13-19(14-12-16)34(32,33)24-23-28-22(27-18-8-6-7-17(26)15-18)20-9-4-5-10-21(20)31(23)30-29-24/h4-15H,1-3H3,(H,27,28). The number of benzene rings is 3. The molecule has 0 radical (unpaired) electrons. The Bertz CT molecular complexity index is 1640. The van der Waals surface area contributed by atoms with Crippen LogP contribution in [0.25, 0.3) is 16.6 Å². The molecule has 9 heteroatoms. The maximum absolute atomic E-state index is 13.5. The van der Waals surface area contributed by atoms with Crippen LogP contribution in [0.2, 0.25) is 5.02 Å². The van der Waals surface area contributed by atoms with Gasteiger partial charge >= 0.3 is 0 Å². The molecule has 3 aromatic carbocycles. The summed E-state index contributed by atoms with van der Waals surface area (Å²) in [7, 11) is -3.96. The van der Waals surface area contributed by atoms with E-state index in [0.29, 0.717) is 16.4 Å². The molecule has 5 rings (SSSR count). The van der Waals surface area contributed by atoms with Crippen molar-refractivity contribution in [2.45, 2.75) is 36.1 Å². The highest BCUT2D eigenvalue weighted by Crippen LogP contribution is 2.31. The molecule has 0 fully saturated rings. The summed E-state index contributed by atoms with van der Waals surface area (Å²) < 4.78 is 28.5. The minimum atomic E-state index is -3.96. The fourth-order valence-electron chi connectivity index (χ4n) is 3.76. The molecule has 0 saturated heterocycles. The van der Waals surface area contributed by atoms with E-state index in [9.17, 15) is 8.42 Å². The number of anilines is 2. The van der Waals surface area contributed by atoms with Crippen molar-refractivity contribution in [3.05, 3.63) is 83.4 Å². The largest absolute Gasteiger partial charge is 0.340 e. The lowest BCUT2D eigenvalue weighted by Gasteiger charge is -2.19. The van der Waals surface area contributed by atoms with E-state index >= 15 is 0 Å². The third-order valence-corrected chi connectivity index (χ3v) is 7.50. The molecular weight excluding hydrogens is 470 g/mol. The molecule has 0 aliphatic heterocycles. The van der Waals surface area contributed by atoms with Crippen molar-refractivity contribution in [3.8, 4) is 0 Å². The normalized spacial score (nSPS) is 12.4. The van der Waals surface area contributed by atoms with Crippen molar-refractivity contribution in [2.24, 2.45) is 0 Å². The van der Waals surface area contributed by atoms with E-state index in [1.54, 1.807) is 24.3 Å². The van der Waals surface area contributed by atoms with E-state index in [4.69, 9.17) is 11.6 Å². The van der Waals surface area contributed by atoms with Crippen molar-refractivity contribution >= 4 is 49.5 Å². The molecule has 0 spiro atoms. The summed E-state index contributed by atoms with van der Waals surface area (Å²) in [4.78, 5) is 4.78. The molecule has 0 saturated carbocycles. The van der Waals surface area contributed by atoms with Crippen molar-refractivity contribution in [1.82, 2.24) is 19.8 Å². The fourth-order valence-corrected chi connectivity index (χ4v) is 5.19. The average molecular weight is 492 g/mol. The second kappa shape index (κ2) is 8.07. The third-order valence-electron chi connectivity index (χ3n) is 5.59. The van der Waals surface area contributed by atoms with Gasteiger partial charge in [-0.05, 0) is 53.4 Å². The van der Waals surface area contributed by atoms with Crippen LogP contribution in [0.1, 0.15) is 26.3 Å². The van der Waals surface area contributed by atoms with Crippen LogP contribution in [0.15, 0.2) is 82.7 Å². The first-order valence-corrected chi connectivity index (χ1v) is 12.5. The number of nitrogens with zero attached hydrogens (tertiary/aromatic N) is 4. The number of aromatic nitrogens is 4. The van der Waals surface area contributed by atoms with E-state index in [2.05, 4.69) is 41.4 Å². The van der Waals surface area contributed by atoms with Crippen LogP contribution in [-0.2, 0) is 15.3 Å². The lowest BCUT2D eigenvalue weighted by molar-refractivity contribution is 0.585. The zero-order chi connectivity index (χ0) is 24.1. The molecule has 172 valence electrons. The number of fused-ring (bicyclic) bond motifs is 3. The van der Waals surface area contributed by atoms with Gasteiger partial charge in [0.05, 0.1) is 10.4 Å². The first-order chi connectivity index (χ1) is 16.1. The lowest BCUT2D eigenvalue weighted by Crippen LogP contribution is -2.11. The predicted molar refractivity (Wildman–Crippen MR) is 134 cm³/mol. The van der Waals surface area contributed by atoms with Crippen molar-refractivity contribution in [1.29, 1.82) is 0 Å². The molecule has 0 aliphatic rings. The molecule has 0 aliphatic carbocycles. The SMILES string of the molecule is CC(C)(C)c1ccc(S(=O)(=O)c2nnn3c2nc(Nc2cccc(Cl)c2)c2ccccc23)cc1. The zero-order valence-electron chi connectivity index (χ0n) is 18.8. The second-order valence-corrected chi connectivity index (χ2v) is 11.3. The van der Waals surface area contributed by atoms with Crippen molar-refractivity contribution < 1.29 is 8.42 Å². The molecular formula is C25H22ClN5O2S. The van der Waals surface area contributed by atoms with Crippen LogP contribution >= 0.6 is 11.6 Å². The fraction of sp³-hybridized carbons (Fsp3) is 0.160. The highest BCUT2D eigenvalue weighted by Gasteiger charge is 2.27.